The molecule has 2 aromatic heterocycles. The van der Waals surface area contributed by atoms with Gasteiger partial charge in [-0.05, 0) is 32.2 Å². The molecule has 23 heavy (non-hydrogen) atoms. The van der Waals surface area contributed by atoms with Crippen molar-refractivity contribution >= 4 is 11.3 Å². The molecule has 3 aromatic rings. The number of nitrogens with zero attached hydrogens (tertiary/aromatic N) is 3. The van der Waals surface area contributed by atoms with Crippen LogP contribution in [-0.4, -0.2) is 28.2 Å². The summed E-state index contributed by atoms with van der Waals surface area (Å²) in [6, 6.07) is 7.93. The van der Waals surface area contributed by atoms with E-state index < -0.39 is 0 Å². The van der Waals surface area contributed by atoms with E-state index in [1.165, 1.54) is 0 Å². The van der Waals surface area contributed by atoms with Gasteiger partial charge in [0.15, 0.2) is 5.82 Å². The Morgan fingerprint density at radius 1 is 1.39 bits per heavy atom. The van der Waals surface area contributed by atoms with Gasteiger partial charge in [-0.1, -0.05) is 11.2 Å². The molecule has 0 radical (unpaired) electrons. The second-order valence-electron chi connectivity index (χ2n) is 5.21. The topological polar surface area (TPSA) is 73.1 Å². The van der Waals surface area contributed by atoms with Crippen molar-refractivity contribution in [2.75, 3.05) is 7.05 Å². The number of nitrogens with one attached hydrogen (secondary N) is 1. The van der Waals surface area contributed by atoms with Crippen molar-refractivity contribution in [3.05, 3.63) is 46.7 Å². The summed E-state index contributed by atoms with van der Waals surface area (Å²) < 4.78 is 11.1. The Hall–Kier alpha value is -2.25. The van der Waals surface area contributed by atoms with Crippen LogP contribution in [-0.2, 0) is 13.0 Å². The maximum atomic E-state index is 5.75. The molecule has 2 heterocycles. The van der Waals surface area contributed by atoms with Gasteiger partial charge in [0.2, 0.25) is 0 Å². The first-order valence-corrected chi connectivity index (χ1v) is 8.29. The van der Waals surface area contributed by atoms with E-state index in [4.69, 9.17) is 9.26 Å². The van der Waals surface area contributed by atoms with Crippen LogP contribution in [0.1, 0.15) is 18.4 Å². The largest absolute Gasteiger partial charge is 0.487 e. The molecule has 7 heteroatoms. The van der Waals surface area contributed by atoms with Crippen LogP contribution in [0.5, 0.6) is 5.75 Å². The van der Waals surface area contributed by atoms with Crippen molar-refractivity contribution in [3.8, 4) is 17.2 Å². The van der Waals surface area contributed by atoms with Gasteiger partial charge in [-0.2, -0.15) is 4.98 Å². The Labute approximate surface area is 138 Å². The van der Waals surface area contributed by atoms with Gasteiger partial charge in [0.25, 0.3) is 5.89 Å². The van der Waals surface area contributed by atoms with Gasteiger partial charge in [0, 0.05) is 23.4 Å². The zero-order valence-electron chi connectivity index (χ0n) is 13.0. The summed E-state index contributed by atoms with van der Waals surface area (Å²) in [4.78, 5) is 8.63. The van der Waals surface area contributed by atoms with E-state index >= 15 is 0 Å². The highest BCUT2D eigenvalue weighted by molar-refractivity contribution is 7.07. The number of likely N-dealkylation sites (N-methyl/N-ethyl adjacent to an activating group) is 1. The molecular weight excluding hydrogens is 312 g/mol. The zero-order chi connectivity index (χ0) is 16.1. The zero-order valence-corrected chi connectivity index (χ0v) is 13.8. The Balaban J connectivity index is 1.69. The van der Waals surface area contributed by atoms with Crippen molar-refractivity contribution in [1.29, 1.82) is 0 Å². The fraction of sp³-hybridized carbons (Fsp3) is 0.312. The molecule has 0 fully saturated rings. The van der Waals surface area contributed by atoms with E-state index in [9.17, 15) is 0 Å². The molecule has 1 atom stereocenters. The Bertz CT molecular complexity index is 742. The van der Waals surface area contributed by atoms with Gasteiger partial charge in [0.05, 0.1) is 11.2 Å². The Kier molecular flexibility index (Phi) is 4.99. The van der Waals surface area contributed by atoms with E-state index in [1.54, 1.807) is 16.8 Å². The monoisotopic (exact) mass is 330 g/mol. The van der Waals surface area contributed by atoms with Crippen LogP contribution in [0.25, 0.3) is 11.5 Å². The highest BCUT2D eigenvalue weighted by Gasteiger charge is 2.12. The summed E-state index contributed by atoms with van der Waals surface area (Å²) in [5, 5.41) is 9.15. The summed E-state index contributed by atoms with van der Waals surface area (Å²) in [5.74, 6) is 1.94. The van der Waals surface area contributed by atoms with E-state index in [1.807, 2.05) is 36.7 Å². The Morgan fingerprint density at radius 2 is 2.30 bits per heavy atom. The smallest absolute Gasteiger partial charge is 0.258 e. The molecule has 1 aromatic carbocycles. The van der Waals surface area contributed by atoms with Gasteiger partial charge in [-0.3, -0.25) is 0 Å². The average Bonchev–Trinajstić information content (AvgIpc) is 3.25. The van der Waals surface area contributed by atoms with Crippen LogP contribution in [0.4, 0.5) is 0 Å². The molecule has 6 nitrogen and oxygen atoms in total. The summed E-state index contributed by atoms with van der Waals surface area (Å²) in [6.45, 7) is 2.52. The number of thiazole rings is 1. The maximum absolute atomic E-state index is 5.75. The van der Waals surface area contributed by atoms with Crippen molar-refractivity contribution in [3.63, 3.8) is 0 Å². The first-order chi connectivity index (χ1) is 11.2. The lowest BCUT2D eigenvalue weighted by Crippen LogP contribution is -2.24. The van der Waals surface area contributed by atoms with Crippen molar-refractivity contribution in [1.82, 2.24) is 20.4 Å². The Morgan fingerprint density at radius 3 is 3.09 bits per heavy atom. The minimum absolute atomic E-state index is 0.299. The van der Waals surface area contributed by atoms with Gasteiger partial charge < -0.3 is 14.6 Å². The summed E-state index contributed by atoms with van der Waals surface area (Å²) in [5.41, 5.74) is 3.56. The molecule has 3 rings (SSSR count). The number of ether oxygens (including phenoxy) is 1. The number of rotatable bonds is 7. The van der Waals surface area contributed by atoms with Gasteiger partial charge in [-0.15, -0.1) is 11.3 Å². The third kappa shape index (κ3) is 4.14. The van der Waals surface area contributed by atoms with Gasteiger partial charge >= 0.3 is 0 Å². The molecule has 0 aliphatic heterocycles. The highest BCUT2D eigenvalue weighted by Crippen LogP contribution is 2.23. The molecule has 120 valence electrons. The SMILES string of the molecule is CNC(C)Cc1noc(-c2cccc(OCc3cscn3)c2)n1. The van der Waals surface area contributed by atoms with Crippen LogP contribution in [0.3, 0.4) is 0 Å². The predicted molar refractivity (Wildman–Crippen MR) is 88.4 cm³/mol. The number of benzene rings is 1. The standard InChI is InChI=1S/C16H18N4O2S/c1-11(17-2)6-15-19-16(22-20-15)12-4-3-5-14(7-12)21-8-13-9-23-10-18-13/h3-5,7,9-11,17H,6,8H2,1-2H3. The van der Waals surface area contributed by atoms with Crippen molar-refractivity contribution < 1.29 is 9.26 Å². The van der Waals surface area contributed by atoms with E-state index in [0.717, 1.165) is 23.4 Å². The second-order valence-corrected chi connectivity index (χ2v) is 5.92. The fourth-order valence-electron chi connectivity index (χ4n) is 2.02. The number of hydrogen-bond acceptors (Lipinski definition) is 7. The highest BCUT2D eigenvalue weighted by atomic mass is 32.1. The molecule has 1 unspecified atom stereocenters. The van der Waals surface area contributed by atoms with Gasteiger partial charge in [-0.25, -0.2) is 4.98 Å². The third-order valence-corrected chi connectivity index (χ3v) is 4.04. The molecule has 0 aliphatic carbocycles. The van der Waals surface area contributed by atoms with E-state index in [-0.39, 0.29) is 0 Å². The average molecular weight is 330 g/mol. The molecule has 0 aliphatic rings. The number of aromatic nitrogens is 3. The van der Waals surface area contributed by atoms with Crippen LogP contribution in [0.2, 0.25) is 0 Å². The van der Waals surface area contributed by atoms with Crippen molar-refractivity contribution in [2.45, 2.75) is 26.0 Å². The lowest BCUT2D eigenvalue weighted by atomic mass is 10.2. The normalized spacial score (nSPS) is 12.3. The lowest BCUT2D eigenvalue weighted by molar-refractivity contribution is 0.302. The fourth-order valence-corrected chi connectivity index (χ4v) is 2.56. The molecule has 0 amide bonds. The molecule has 0 saturated carbocycles. The molecular formula is C16H18N4O2S. The van der Waals surface area contributed by atoms with Crippen molar-refractivity contribution in [2.24, 2.45) is 0 Å². The van der Waals surface area contributed by atoms with E-state index in [0.29, 0.717) is 24.4 Å². The van der Waals surface area contributed by atoms with Gasteiger partial charge in [0.1, 0.15) is 12.4 Å². The summed E-state index contributed by atoms with van der Waals surface area (Å²) >= 11 is 1.55. The van der Waals surface area contributed by atoms with Crippen LogP contribution < -0.4 is 10.1 Å². The predicted octanol–water partition coefficient (Wildman–Crippen LogP) is 2.92. The van der Waals surface area contributed by atoms with E-state index in [2.05, 4.69) is 27.4 Å². The minimum Gasteiger partial charge on any atom is -0.487 e. The second kappa shape index (κ2) is 7.34. The molecule has 1 N–H and O–H groups in total. The maximum Gasteiger partial charge on any atom is 0.258 e. The molecule has 0 spiro atoms. The minimum atomic E-state index is 0.299. The first kappa shape index (κ1) is 15.6. The first-order valence-electron chi connectivity index (χ1n) is 7.34. The summed E-state index contributed by atoms with van der Waals surface area (Å²) in [6.07, 6.45) is 0.722. The molecule has 0 saturated heterocycles. The third-order valence-electron chi connectivity index (χ3n) is 3.40. The quantitative estimate of drug-likeness (QED) is 0.718. The van der Waals surface area contributed by atoms with Crippen LogP contribution in [0.15, 0.2) is 39.7 Å². The summed E-state index contributed by atoms with van der Waals surface area (Å²) in [7, 11) is 1.91. The molecule has 0 bridgehead atoms. The van der Waals surface area contributed by atoms with Crippen LogP contribution in [0, 0.1) is 0 Å². The number of hydrogen-bond donors (Lipinski definition) is 1. The lowest BCUT2D eigenvalue weighted by Gasteiger charge is -2.05. The van der Waals surface area contributed by atoms with Crippen LogP contribution >= 0.6 is 11.3 Å².